The van der Waals surface area contributed by atoms with Crippen molar-refractivity contribution >= 4 is 17.5 Å². The van der Waals surface area contributed by atoms with Gasteiger partial charge in [-0.15, -0.1) is 0 Å². The van der Waals surface area contributed by atoms with Crippen LogP contribution in [0.1, 0.15) is 13.8 Å². The largest absolute Gasteiger partial charge is 0.353 e. The minimum Gasteiger partial charge on any atom is -0.353 e. The fourth-order valence-corrected chi connectivity index (χ4v) is 1.74. The molecule has 0 unspecified atom stereocenters. The van der Waals surface area contributed by atoms with Crippen molar-refractivity contribution in [1.82, 2.24) is 10.2 Å². The zero-order chi connectivity index (χ0) is 16.0. The summed E-state index contributed by atoms with van der Waals surface area (Å²) in [5, 5.41) is 5.08. The number of nitrogens with one attached hydrogen (secondary N) is 2. The fourth-order valence-electron chi connectivity index (χ4n) is 1.74. The number of rotatable bonds is 6. The van der Waals surface area contributed by atoms with E-state index in [1.165, 1.54) is 4.90 Å². The first-order valence-corrected chi connectivity index (χ1v) is 6.50. The molecule has 2 N–H and O–H groups in total. The van der Waals surface area contributed by atoms with E-state index in [1.807, 2.05) is 13.8 Å². The average Bonchev–Trinajstić information content (AvgIpc) is 2.24. The van der Waals surface area contributed by atoms with Crippen LogP contribution in [0.2, 0.25) is 0 Å². The predicted molar refractivity (Wildman–Crippen MR) is 75.8 cm³/mol. The summed E-state index contributed by atoms with van der Waals surface area (Å²) in [5.74, 6) is -2.19. The van der Waals surface area contributed by atoms with Gasteiger partial charge in [-0.2, -0.15) is 0 Å². The first-order chi connectivity index (χ1) is 9.76. The number of hydrogen-bond acceptors (Lipinski definition) is 3. The Morgan fingerprint density at radius 2 is 1.62 bits per heavy atom. The first-order valence-electron chi connectivity index (χ1n) is 6.50. The van der Waals surface area contributed by atoms with Crippen molar-refractivity contribution in [3.8, 4) is 0 Å². The smallest absolute Gasteiger partial charge is 0.238 e. The summed E-state index contributed by atoms with van der Waals surface area (Å²) in [6, 6.07) is 2.78. The molecule has 0 spiro atoms. The van der Waals surface area contributed by atoms with E-state index >= 15 is 0 Å². The van der Waals surface area contributed by atoms with E-state index in [-0.39, 0.29) is 30.7 Å². The Hall–Kier alpha value is -2.02. The molecule has 1 aromatic carbocycles. The maximum atomic E-state index is 13.0. The van der Waals surface area contributed by atoms with Crippen LogP contribution in [0.15, 0.2) is 18.2 Å². The molecule has 1 rings (SSSR count). The van der Waals surface area contributed by atoms with Crippen molar-refractivity contribution in [2.75, 3.05) is 25.5 Å². The molecule has 0 aliphatic carbocycles. The van der Waals surface area contributed by atoms with Crippen molar-refractivity contribution in [3.63, 3.8) is 0 Å². The number of hydrogen-bond donors (Lipinski definition) is 2. The van der Waals surface area contributed by atoms with Crippen LogP contribution in [0.3, 0.4) is 0 Å². The number of carbonyl (C=O) groups is 2. The van der Waals surface area contributed by atoms with E-state index in [0.717, 1.165) is 18.2 Å². The number of carbonyl (C=O) groups excluding carboxylic acids is 2. The Balaban J connectivity index is 2.47. The first kappa shape index (κ1) is 17.0. The molecule has 0 heterocycles. The van der Waals surface area contributed by atoms with Gasteiger partial charge in [0.05, 0.1) is 13.1 Å². The third kappa shape index (κ3) is 6.80. The number of nitrogens with zero attached hydrogens (tertiary/aromatic N) is 1. The van der Waals surface area contributed by atoms with E-state index in [4.69, 9.17) is 0 Å². The van der Waals surface area contributed by atoms with Crippen LogP contribution in [0.4, 0.5) is 14.5 Å². The molecule has 0 fully saturated rings. The van der Waals surface area contributed by atoms with E-state index < -0.39 is 17.5 Å². The van der Waals surface area contributed by atoms with Crippen LogP contribution < -0.4 is 10.6 Å². The number of halogens is 2. The Morgan fingerprint density at radius 3 is 2.14 bits per heavy atom. The Labute approximate surface area is 122 Å². The third-order valence-electron chi connectivity index (χ3n) is 2.42. The molecular weight excluding hydrogens is 280 g/mol. The number of anilines is 1. The summed E-state index contributed by atoms with van der Waals surface area (Å²) in [7, 11) is 1.60. The lowest BCUT2D eigenvalue weighted by molar-refractivity contribution is -0.123. The molecule has 0 aliphatic heterocycles. The zero-order valence-corrected chi connectivity index (χ0v) is 12.2. The molecule has 0 radical (unpaired) electrons. The van der Waals surface area contributed by atoms with Gasteiger partial charge in [-0.05, 0) is 33.0 Å². The van der Waals surface area contributed by atoms with Crippen LogP contribution in [0.5, 0.6) is 0 Å². The Bertz CT molecular complexity index is 501. The molecular formula is C14H19F2N3O2. The van der Waals surface area contributed by atoms with Crippen molar-refractivity contribution in [2.45, 2.75) is 19.9 Å². The normalized spacial score (nSPS) is 10.8. The fraction of sp³-hybridized carbons (Fsp3) is 0.429. The molecule has 7 heteroatoms. The summed E-state index contributed by atoms with van der Waals surface area (Å²) in [6.07, 6.45) is 0. The molecule has 2 amide bonds. The van der Waals surface area contributed by atoms with Crippen molar-refractivity contribution in [2.24, 2.45) is 0 Å². The van der Waals surface area contributed by atoms with E-state index in [9.17, 15) is 18.4 Å². The number of benzene rings is 1. The van der Waals surface area contributed by atoms with Gasteiger partial charge in [0.1, 0.15) is 11.6 Å². The standard InChI is InChI=1S/C14H19F2N3O2/c1-9(2)17-13(20)7-19(3)8-14(21)18-12-5-10(15)4-11(16)6-12/h4-6,9H,7-8H2,1-3H3,(H,17,20)(H,18,21). The summed E-state index contributed by atoms with van der Waals surface area (Å²) >= 11 is 0. The minimum atomic E-state index is -0.769. The molecule has 5 nitrogen and oxygen atoms in total. The monoisotopic (exact) mass is 299 g/mol. The molecule has 1 aromatic rings. The second-order valence-corrected chi connectivity index (χ2v) is 5.10. The summed E-state index contributed by atoms with van der Waals surface area (Å²) in [6.45, 7) is 3.67. The number of likely N-dealkylation sites (N-methyl/N-ethyl adjacent to an activating group) is 1. The zero-order valence-electron chi connectivity index (χ0n) is 12.2. The molecule has 21 heavy (non-hydrogen) atoms. The maximum Gasteiger partial charge on any atom is 0.238 e. The summed E-state index contributed by atoms with van der Waals surface area (Å²) in [5.41, 5.74) is 0.0394. The van der Waals surface area contributed by atoms with Gasteiger partial charge in [-0.1, -0.05) is 0 Å². The lowest BCUT2D eigenvalue weighted by Gasteiger charge is -2.17. The Morgan fingerprint density at radius 1 is 1.10 bits per heavy atom. The number of amides is 2. The van der Waals surface area contributed by atoms with E-state index in [1.54, 1.807) is 7.05 Å². The van der Waals surface area contributed by atoms with Gasteiger partial charge in [-0.25, -0.2) is 8.78 Å². The van der Waals surface area contributed by atoms with Crippen LogP contribution in [0.25, 0.3) is 0 Å². The lowest BCUT2D eigenvalue weighted by atomic mass is 10.3. The SMILES string of the molecule is CC(C)NC(=O)CN(C)CC(=O)Nc1cc(F)cc(F)c1. The van der Waals surface area contributed by atoms with Gasteiger partial charge in [-0.3, -0.25) is 14.5 Å². The van der Waals surface area contributed by atoms with Gasteiger partial charge < -0.3 is 10.6 Å². The van der Waals surface area contributed by atoms with Crippen LogP contribution in [-0.2, 0) is 9.59 Å². The average molecular weight is 299 g/mol. The molecule has 0 saturated heterocycles. The van der Waals surface area contributed by atoms with Crippen LogP contribution in [0, 0.1) is 11.6 Å². The highest BCUT2D eigenvalue weighted by Crippen LogP contribution is 2.12. The van der Waals surface area contributed by atoms with Gasteiger partial charge in [0, 0.05) is 17.8 Å². The predicted octanol–water partition coefficient (Wildman–Crippen LogP) is 1.36. The molecule has 0 saturated carbocycles. The van der Waals surface area contributed by atoms with Crippen LogP contribution in [-0.4, -0.2) is 42.9 Å². The summed E-state index contributed by atoms with van der Waals surface area (Å²) in [4.78, 5) is 24.7. The second kappa shape index (κ2) is 7.68. The quantitative estimate of drug-likeness (QED) is 0.834. The van der Waals surface area contributed by atoms with Crippen molar-refractivity contribution < 1.29 is 18.4 Å². The highest BCUT2D eigenvalue weighted by Gasteiger charge is 2.12. The second-order valence-electron chi connectivity index (χ2n) is 5.10. The van der Waals surface area contributed by atoms with E-state index in [0.29, 0.717) is 0 Å². The van der Waals surface area contributed by atoms with Gasteiger partial charge in [0.25, 0.3) is 0 Å². The molecule has 116 valence electrons. The van der Waals surface area contributed by atoms with Gasteiger partial charge in [0.2, 0.25) is 11.8 Å². The maximum absolute atomic E-state index is 13.0. The van der Waals surface area contributed by atoms with Gasteiger partial charge in [0.15, 0.2) is 0 Å². The molecule has 0 aliphatic rings. The van der Waals surface area contributed by atoms with E-state index in [2.05, 4.69) is 10.6 Å². The molecule has 0 bridgehead atoms. The highest BCUT2D eigenvalue weighted by molar-refractivity contribution is 5.92. The Kier molecular flexibility index (Phi) is 6.23. The van der Waals surface area contributed by atoms with Crippen molar-refractivity contribution in [3.05, 3.63) is 29.8 Å². The minimum absolute atomic E-state index is 0.0231. The van der Waals surface area contributed by atoms with Crippen LogP contribution >= 0.6 is 0 Å². The summed E-state index contributed by atoms with van der Waals surface area (Å²) < 4.78 is 26.0. The van der Waals surface area contributed by atoms with Crippen molar-refractivity contribution in [1.29, 1.82) is 0 Å². The third-order valence-corrected chi connectivity index (χ3v) is 2.42. The molecule has 0 aromatic heterocycles. The lowest BCUT2D eigenvalue weighted by Crippen LogP contribution is -2.41. The topological polar surface area (TPSA) is 61.4 Å². The highest BCUT2D eigenvalue weighted by atomic mass is 19.1. The van der Waals surface area contributed by atoms with Gasteiger partial charge >= 0.3 is 0 Å². The molecule has 0 atom stereocenters.